The predicted octanol–water partition coefficient (Wildman–Crippen LogP) is 0.834. The molecule has 0 aliphatic rings. The van der Waals surface area contributed by atoms with Crippen LogP contribution in [0, 0.1) is 0 Å². The van der Waals surface area contributed by atoms with Gasteiger partial charge in [-0.05, 0) is 20.6 Å². The highest BCUT2D eigenvalue weighted by atomic mass is 31.1. The summed E-state index contributed by atoms with van der Waals surface area (Å²) in [5.74, 6) is 0. The topological polar surface area (TPSA) is 21.3 Å². The van der Waals surface area contributed by atoms with Crippen molar-refractivity contribution in [3.8, 4) is 0 Å². The summed E-state index contributed by atoms with van der Waals surface area (Å²) >= 11 is 0. The maximum atomic E-state index is 5.15. The number of likely N-dealkylation sites (N-methyl/N-ethyl adjacent to an activating group) is 1. The summed E-state index contributed by atoms with van der Waals surface area (Å²) in [5, 5.41) is 3.08. The van der Waals surface area contributed by atoms with Crippen LogP contribution in [0.2, 0.25) is 0 Å². The van der Waals surface area contributed by atoms with Gasteiger partial charge in [-0.1, -0.05) is 0 Å². The molecular formula is C5H14NOP. The van der Waals surface area contributed by atoms with E-state index in [1.807, 2.05) is 13.7 Å². The first kappa shape index (κ1) is 8.35. The minimum atomic E-state index is 0.488. The largest absolute Gasteiger partial charge is 0.361 e. The van der Waals surface area contributed by atoms with Crippen LogP contribution in [0.25, 0.3) is 0 Å². The van der Waals surface area contributed by atoms with Crippen LogP contribution >= 0.6 is 8.81 Å². The Bertz CT molecular complexity index is 51.7. The Morgan fingerprint density at radius 1 is 1.75 bits per heavy atom. The third kappa shape index (κ3) is 4.51. The third-order valence-electron chi connectivity index (χ3n) is 0.970. The zero-order chi connectivity index (χ0) is 6.41. The minimum absolute atomic E-state index is 0.488. The van der Waals surface area contributed by atoms with Crippen molar-refractivity contribution in [1.82, 2.24) is 5.32 Å². The van der Waals surface area contributed by atoms with E-state index in [0.717, 1.165) is 6.61 Å². The van der Waals surface area contributed by atoms with Gasteiger partial charge in [0.05, 0.1) is 6.61 Å². The highest BCUT2D eigenvalue weighted by molar-refractivity contribution is 7.31. The first-order valence-corrected chi connectivity index (χ1v) is 4.18. The van der Waals surface area contributed by atoms with Crippen LogP contribution in [0.5, 0.6) is 0 Å². The van der Waals surface area contributed by atoms with Gasteiger partial charge in [-0.25, -0.2) is 0 Å². The summed E-state index contributed by atoms with van der Waals surface area (Å²) in [4.78, 5) is 0. The lowest BCUT2D eigenvalue weighted by Gasteiger charge is -2.07. The lowest BCUT2D eigenvalue weighted by molar-refractivity contribution is 0.317. The van der Waals surface area contributed by atoms with Gasteiger partial charge in [0.2, 0.25) is 0 Å². The molecule has 0 fully saturated rings. The van der Waals surface area contributed by atoms with Crippen molar-refractivity contribution in [3.63, 3.8) is 0 Å². The normalized spacial score (nSPS) is 15.4. The fourth-order valence-electron chi connectivity index (χ4n) is 0.292. The van der Waals surface area contributed by atoms with Crippen molar-refractivity contribution in [2.24, 2.45) is 0 Å². The molecule has 0 aliphatic carbocycles. The third-order valence-corrected chi connectivity index (χ3v) is 1.43. The fraction of sp³-hybridized carbons (Fsp3) is 1.00. The molecule has 0 heterocycles. The van der Waals surface area contributed by atoms with Gasteiger partial charge in [0, 0.05) is 14.8 Å². The summed E-state index contributed by atoms with van der Waals surface area (Å²) in [7, 11) is 2.55. The first-order valence-electron chi connectivity index (χ1n) is 2.77. The molecule has 1 N–H and O–H groups in total. The van der Waals surface area contributed by atoms with Crippen molar-refractivity contribution < 1.29 is 4.52 Å². The van der Waals surface area contributed by atoms with Gasteiger partial charge in [-0.3, -0.25) is 0 Å². The average Bonchev–Trinajstić information content (AvgIpc) is 1.83. The average molecular weight is 135 g/mol. The van der Waals surface area contributed by atoms with Crippen LogP contribution in [0.4, 0.5) is 0 Å². The number of rotatable bonds is 4. The van der Waals surface area contributed by atoms with Crippen LogP contribution in [-0.4, -0.2) is 26.4 Å². The molecule has 2 unspecified atom stereocenters. The molecule has 3 heteroatoms. The Kier molecular flexibility index (Phi) is 5.73. The number of hydrogen-bond acceptors (Lipinski definition) is 2. The predicted molar refractivity (Wildman–Crippen MR) is 38.7 cm³/mol. The standard InChI is InChI=1S/C5H14NOP/c1-5(6-2)4-7-8-3/h5-6,8H,4H2,1-3H3. The molecule has 50 valence electrons. The number of nitrogens with one attached hydrogen (secondary N) is 1. The van der Waals surface area contributed by atoms with E-state index < -0.39 is 0 Å². The maximum absolute atomic E-state index is 5.15. The van der Waals surface area contributed by atoms with E-state index in [1.165, 1.54) is 0 Å². The molecule has 0 aromatic carbocycles. The SMILES string of the molecule is CNC(C)COPC. The lowest BCUT2D eigenvalue weighted by atomic mass is 10.4. The van der Waals surface area contributed by atoms with Gasteiger partial charge in [0.15, 0.2) is 0 Å². The van der Waals surface area contributed by atoms with Gasteiger partial charge in [-0.2, -0.15) is 0 Å². The zero-order valence-corrected chi connectivity index (χ0v) is 6.69. The molecule has 8 heavy (non-hydrogen) atoms. The van der Waals surface area contributed by atoms with Crippen LogP contribution in [0.15, 0.2) is 0 Å². The molecule has 0 bridgehead atoms. The summed E-state index contributed by atoms with van der Waals surface area (Å²) in [5.41, 5.74) is 0. The van der Waals surface area contributed by atoms with Gasteiger partial charge >= 0.3 is 0 Å². The highest BCUT2D eigenvalue weighted by Crippen LogP contribution is 2.03. The molecule has 0 aromatic heterocycles. The Morgan fingerprint density at radius 2 is 2.38 bits per heavy atom. The van der Waals surface area contributed by atoms with Gasteiger partial charge in [0.1, 0.15) is 0 Å². The van der Waals surface area contributed by atoms with E-state index in [2.05, 4.69) is 12.2 Å². The molecule has 2 nitrogen and oxygen atoms in total. The lowest BCUT2D eigenvalue weighted by Crippen LogP contribution is -2.25. The van der Waals surface area contributed by atoms with Gasteiger partial charge in [0.25, 0.3) is 0 Å². The van der Waals surface area contributed by atoms with Gasteiger partial charge < -0.3 is 9.84 Å². The second kappa shape index (κ2) is 5.49. The van der Waals surface area contributed by atoms with Crippen molar-refractivity contribution in [3.05, 3.63) is 0 Å². The smallest absolute Gasteiger partial charge is 0.0655 e. The van der Waals surface area contributed by atoms with Crippen LogP contribution < -0.4 is 5.32 Å². The first-order chi connectivity index (χ1) is 3.81. The summed E-state index contributed by atoms with van der Waals surface area (Å²) in [6.45, 7) is 4.95. The molecule has 0 aromatic rings. The fourth-order valence-corrected chi connectivity index (χ4v) is 0.708. The second-order valence-corrected chi connectivity index (χ2v) is 2.40. The van der Waals surface area contributed by atoms with E-state index in [-0.39, 0.29) is 0 Å². The van der Waals surface area contributed by atoms with Crippen LogP contribution in [0.3, 0.4) is 0 Å². The van der Waals surface area contributed by atoms with Crippen molar-refractivity contribution >= 4 is 8.81 Å². The summed E-state index contributed by atoms with van der Waals surface area (Å²) in [6.07, 6.45) is 0. The molecule has 0 radical (unpaired) electrons. The van der Waals surface area contributed by atoms with E-state index in [1.54, 1.807) is 0 Å². The Labute approximate surface area is 52.9 Å². The van der Waals surface area contributed by atoms with E-state index in [9.17, 15) is 0 Å². The second-order valence-electron chi connectivity index (χ2n) is 1.70. The minimum Gasteiger partial charge on any atom is -0.361 e. The Hall–Kier alpha value is 0.350. The van der Waals surface area contributed by atoms with E-state index in [4.69, 9.17) is 4.52 Å². The molecule has 0 saturated carbocycles. The number of hydrogen-bond donors (Lipinski definition) is 1. The molecule has 0 aliphatic heterocycles. The molecular weight excluding hydrogens is 121 g/mol. The molecule has 0 spiro atoms. The highest BCUT2D eigenvalue weighted by Gasteiger charge is 1.93. The van der Waals surface area contributed by atoms with Crippen molar-refractivity contribution in [1.29, 1.82) is 0 Å². The van der Waals surface area contributed by atoms with Crippen LogP contribution in [0.1, 0.15) is 6.92 Å². The zero-order valence-electron chi connectivity index (χ0n) is 5.69. The van der Waals surface area contributed by atoms with Crippen LogP contribution in [-0.2, 0) is 4.52 Å². The summed E-state index contributed by atoms with van der Waals surface area (Å²) in [6, 6.07) is 0.488. The summed E-state index contributed by atoms with van der Waals surface area (Å²) < 4.78 is 5.15. The van der Waals surface area contributed by atoms with Crippen molar-refractivity contribution in [2.75, 3.05) is 20.3 Å². The molecule has 0 rings (SSSR count). The monoisotopic (exact) mass is 135 g/mol. The maximum Gasteiger partial charge on any atom is 0.0655 e. The van der Waals surface area contributed by atoms with Gasteiger partial charge in [-0.15, -0.1) is 0 Å². The molecule has 2 atom stereocenters. The molecule has 0 saturated heterocycles. The quantitative estimate of drug-likeness (QED) is 0.576. The molecule has 0 amide bonds. The van der Waals surface area contributed by atoms with E-state index in [0.29, 0.717) is 14.8 Å². The Morgan fingerprint density at radius 3 is 2.75 bits per heavy atom. The van der Waals surface area contributed by atoms with E-state index >= 15 is 0 Å². The van der Waals surface area contributed by atoms with Crippen molar-refractivity contribution in [2.45, 2.75) is 13.0 Å². The Balaban J connectivity index is 2.86.